The van der Waals surface area contributed by atoms with Crippen LogP contribution in [0.25, 0.3) is 45.5 Å². The molecule has 98 heavy (non-hydrogen) atoms. The fraction of sp³-hybridized carbons (Fsp3) is 0.264. The minimum Gasteiger partial charge on any atom is -0.502 e. The number of aryl methyl sites for hydroxylation is 2. The van der Waals surface area contributed by atoms with Gasteiger partial charge in [-0.05, 0) is 159 Å². The van der Waals surface area contributed by atoms with Crippen LogP contribution in [0.3, 0.4) is 0 Å². The molecule has 1 aliphatic heterocycles. The number of benzene rings is 6. The van der Waals surface area contributed by atoms with E-state index in [2.05, 4.69) is 86.6 Å². The van der Waals surface area contributed by atoms with Gasteiger partial charge in [0.1, 0.15) is 12.1 Å². The van der Waals surface area contributed by atoms with Gasteiger partial charge in [-0.15, -0.1) is 6.58 Å². The number of aromatic amines is 3. The first-order valence-corrected chi connectivity index (χ1v) is 31.4. The van der Waals surface area contributed by atoms with Crippen LogP contribution in [0.5, 0.6) is 11.5 Å². The third-order valence-corrected chi connectivity index (χ3v) is 14.2. The minimum atomic E-state index is -1.03. The number of anilines is 1. The SMILES string of the molecule is C/C=C/c1ccc([N+](=O)[O-])c(O)c1.C/C=C/c1ccc2[nH]c(=O)oc2c1.C=CC.CC(C)NCc1ccccc1.CCC(N)c1ccc2[nH]c(=O)oc2c1.O=C(O)CC(NC(=O)CCCCc1ccc2c(n1)NCCC2)c1ccc2[nH]c(=O)oc2c1.O=Cc1ccc([N+](=O)[O-])c(O)c1. The van der Waals surface area contributed by atoms with Gasteiger partial charge in [0.05, 0.1) is 38.9 Å². The molecule has 26 nitrogen and oxygen atoms in total. The summed E-state index contributed by atoms with van der Waals surface area (Å²) in [5, 5.41) is 57.4. The van der Waals surface area contributed by atoms with E-state index in [1.807, 2.05) is 82.3 Å². The van der Waals surface area contributed by atoms with Crippen LogP contribution in [-0.2, 0) is 29.0 Å². The summed E-state index contributed by atoms with van der Waals surface area (Å²) in [7, 11) is 0. The topological polar surface area (TPSA) is 411 Å². The van der Waals surface area contributed by atoms with Crippen LogP contribution in [-0.4, -0.2) is 75.9 Å². The number of amides is 1. The molecule has 0 spiro atoms. The van der Waals surface area contributed by atoms with Crippen molar-refractivity contribution in [2.75, 3.05) is 11.9 Å². The summed E-state index contributed by atoms with van der Waals surface area (Å²) >= 11 is 0. The molecular weight excluding hydrogens is 1260 g/mol. The van der Waals surface area contributed by atoms with E-state index in [1.54, 1.807) is 48.6 Å². The molecule has 5 heterocycles. The Labute approximate surface area is 563 Å². The van der Waals surface area contributed by atoms with Gasteiger partial charge >= 0.3 is 34.6 Å². The van der Waals surface area contributed by atoms with E-state index in [4.69, 9.17) is 24.1 Å². The maximum absolute atomic E-state index is 12.5. The number of hydrogen-bond donors (Lipinski definition) is 10. The van der Waals surface area contributed by atoms with Crippen molar-refractivity contribution in [2.45, 2.75) is 118 Å². The fourth-order valence-corrected chi connectivity index (χ4v) is 9.34. The van der Waals surface area contributed by atoms with Gasteiger partial charge < -0.3 is 50.3 Å². The van der Waals surface area contributed by atoms with Crippen molar-refractivity contribution in [3.05, 3.63) is 255 Å². The number of phenolic OH excluding ortho intramolecular Hbond substituents is 2. The molecule has 26 heteroatoms. The number of carboxylic acid groups (broad SMARTS) is 1. The first-order valence-electron chi connectivity index (χ1n) is 31.4. The van der Waals surface area contributed by atoms with Crippen molar-refractivity contribution in [3.63, 3.8) is 0 Å². The Hall–Kier alpha value is -11.8. The summed E-state index contributed by atoms with van der Waals surface area (Å²) < 4.78 is 14.9. The van der Waals surface area contributed by atoms with Crippen molar-refractivity contribution in [1.82, 2.24) is 30.6 Å². The summed E-state index contributed by atoms with van der Waals surface area (Å²) in [5.41, 5.74) is 15.8. The number of hydrogen-bond acceptors (Lipinski definition) is 19. The Morgan fingerprint density at radius 2 is 1.21 bits per heavy atom. The Bertz CT molecular complexity index is 4500. The molecule has 0 fully saturated rings. The first kappa shape index (κ1) is 76.9. The number of nitrogens with zero attached hydrogens (tertiary/aromatic N) is 3. The van der Waals surface area contributed by atoms with Crippen molar-refractivity contribution in [1.29, 1.82) is 0 Å². The number of phenols is 2. The van der Waals surface area contributed by atoms with E-state index in [-0.39, 0.29) is 35.4 Å². The number of aromatic nitrogens is 4. The van der Waals surface area contributed by atoms with E-state index in [0.29, 0.717) is 58.5 Å². The zero-order chi connectivity index (χ0) is 71.7. The fourth-order valence-electron chi connectivity index (χ4n) is 9.34. The number of carboxylic acids is 1. The highest BCUT2D eigenvalue weighted by molar-refractivity contribution is 5.80. The molecule has 1 amide bonds. The van der Waals surface area contributed by atoms with E-state index in [0.717, 1.165) is 91.0 Å². The number of carbonyl (C=O) groups is 3. The number of carbonyl (C=O) groups excluding carboxylic acids is 2. The molecule has 0 aliphatic carbocycles. The third kappa shape index (κ3) is 25.5. The third-order valence-electron chi connectivity index (χ3n) is 14.2. The van der Waals surface area contributed by atoms with Gasteiger partial charge in [0.15, 0.2) is 28.2 Å². The number of pyridine rings is 1. The van der Waals surface area contributed by atoms with Crippen molar-refractivity contribution < 1.29 is 52.8 Å². The highest BCUT2D eigenvalue weighted by Gasteiger charge is 2.20. The van der Waals surface area contributed by atoms with Gasteiger partial charge in [0.2, 0.25) is 5.91 Å². The molecule has 0 radical (unpaired) electrons. The number of nitro benzene ring substituents is 2. The second kappa shape index (κ2) is 39.8. The number of fused-ring (bicyclic) bond motifs is 4. The molecule has 11 N–H and O–H groups in total. The summed E-state index contributed by atoms with van der Waals surface area (Å²) in [6.07, 6.45) is 15.0. The highest BCUT2D eigenvalue weighted by atomic mass is 16.6. The summed E-state index contributed by atoms with van der Waals surface area (Å²) in [4.78, 5) is 98.5. The van der Waals surface area contributed by atoms with Crippen molar-refractivity contribution >= 4 is 80.8 Å². The molecule has 6 aromatic carbocycles. The van der Waals surface area contributed by atoms with E-state index in [1.165, 1.54) is 29.3 Å². The van der Waals surface area contributed by atoms with Crippen LogP contribution in [0, 0.1) is 20.2 Å². The Kier molecular flexibility index (Phi) is 31.3. The molecular formula is C72H82N10O16. The van der Waals surface area contributed by atoms with Crippen LogP contribution in [0.2, 0.25) is 0 Å². The predicted molar refractivity (Wildman–Crippen MR) is 378 cm³/mol. The number of oxazole rings is 3. The van der Waals surface area contributed by atoms with Gasteiger partial charge in [0, 0.05) is 55.0 Å². The van der Waals surface area contributed by atoms with Gasteiger partial charge in [-0.1, -0.05) is 106 Å². The number of rotatable bonds is 19. The standard InChI is InChI=1S/C23H26N4O5.C10H12N2O2.C10H9NO2.C10H15N.C9H9NO3.C7H5NO4.C3H6/c28-20(6-2-1-5-16-9-7-14-4-3-11-24-22(14)25-16)26-18(13-21(29)30)15-8-10-17-19(12-15)32-23(31)27-17;1-2-7(11)6-3-4-8-9(5-6)14-10(13)12-8;1-2-3-7-4-5-8-9(6-7)13-10(12)11-8;1-9(2)11-8-10-6-4-3-5-7-10;1-2-3-7-4-5-8(10(12)13)9(11)6-7;9-4-5-1-2-6(8(11)12)7(10)3-5;1-3-2/h7-10,12,18H,1-6,11,13H2,(H,24,25)(H,26,28)(H,27,31)(H,29,30);3-5,7H,2,11H2,1H3,(H,12,13);2-6H,1H3,(H,11,12);3-7,9,11H,8H2,1-2H3;2-6,11H,1H3;1-4,10H;3H,1H2,2H3/b;;3-2+;;3-2+;;. The highest BCUT2D eigenvalue weighted by Crippen LogP contribution is 2.28. The minimum absolute atomic E-state index is 0.000368. The molecule has 0 saturated carbocycles. The molecule has 0 bridgehead atoms. The molecule has 11 rings (SSSR count). The van der Waals surface area contributed by atoms with Crippen LogP contribution in [0.1, 0.15) is 142 Å². The lowest BCUT2D eigenvalue weighted by Crippen LogP contribution is -2.30. The van der Waals surface area contributed by atoms with Gasteiger partial charge in [-0.25, -0.2) is 19.4 Å². The number of nitrogens with two attached hydrogens (primary N) is 1. The lowest BCUT2D eigenvalue weighted by Gasteiger charge is -2.18. The second-order valence-electron chi connectivity index (χ2n) is 22.1. The smallest absolute Gasteiger partial charge is 0.417 e. The Morgan fingerprint density at radius 3 is 1.73 bits per heavy atom. The molecule has 516 valence electrons. The number of nitro groups is 2. The molecule has 2 unspecified atom stereocenters. The molecule has 4 aromatic heterocycles. The number of H-pyrrole nitrogens is 3. The number of aromatic hydroxyl groups is 2. The second-order valence-corrected chi connectivity index (χ2v) is 22.1. The largest absolute Gasteiger partial charge is 0.502 e. The lowest BCUT2D eigenvalue weighted by molar-refractivity contribution is -0.386. The number of nitrogens with one attached hydrogen (secondary N) is 6. The van der Waals surface area contributed by atoms with E-state index in [9.17, 15) is 59.2 Å². The number of aliphatic carboxylic acids is 1. The van der Waals surface area contributed by atoms with Gasteiger partial charge in [0.25, 0.3) is 0 Å². The van der Waals surface area contributed by atoms with Crippen molar-refractivity contribution in [2.24, 2.45) is 5.73 Å². The zero-order valence-corrected chi connectivity index (χ0v) is 55.2. The van der Waals surface area contributed by atoms with Crippen LogP contribution in [0.4, 0.5) is 17.2 Å². The van der Waals surface area contributed by atoms with Crippen LogP contribution < -0.4 is 39.0 Å². The maximum atomic E-state index is 12.5. The molecule has 10 aromatic rings. The van der Waals surface area contributed by atoms with E-state index < -0.39 is 50.6 Å². The quantitative estimate of drug-likeness (QED) is 0.0118. The first-order chi connectivity index (χ1) is 47.0. The Morgan fingerprint density at radius 1 is 0.704 bits per heavy atom. The van der Waals surface area contributed by atoms with Crippen LogP contribution in [0.15, 0.2) is 186 Å². The number of allylic oxidation sites excluding steroid dienone is 3. The Balaban J connectivity index is 0.000000223. The average Bonchev–Trinajstić information content (AvgIpc) is 1.68. The summed E-state index contributed by atoms with van der Waals surface area (Å²) in [6, 6.07) is 38.1. The zero-order valence-electron chi connectivity index (χ0n) is 55.2. The summed E-state index contributed by atoms with van der Waals surface area (Å²) in [5.74, 6) is -2.50. The number of aldehydes is 1. The monoisotopic (exact) mass is 1340 g/mol. The maximum Gasteiger partial charge on any atom is 0.417 e. The molecule has 2 atom stereocenters. The normalized spacial score (nSPS) is 11.8. The van der Waals surface area contributed by atoms with E-state index >= 15 is 0 Å². The molecule has 0 saturated heterocycles. The lowest BCUT2D eigenvalue weighted by atomic mass is 10.0. The molecule has 1 aliphatic rings. The van der Waals surface area contributed by atoms with Crippen LogP contribution >= 0.6 is 0 Å². The average molecular weight is 1340 g/mol. The summed E-state index contributed by atoms with van der Waals surface area (Å²) in [6.45, 7) is 17.3. The van der Waals surface area contributed by atoms with Gasteiger partial charge in [-0.2, -0.15) is 0 Å². The van der Waals surface area contributed by atoms with Gasteiger partial charge in [-0.3, -0.25) is 49.6 Å². The number of unbranched alkanes of at least 4 members (excludes halogenated alkanes) is 1. The van der Waals surface area contributed by atoms with Crippen molar-refractivity contribution in [3.8, 4) is 11.5 Å². The predicted octanol–water partition coefficient (Wildman–Crippen LogP) is 13.4.